The summed E-state index contributed by atoms with van der Waals surface area (Å²) in [6.45, 7) is 4.47. The van der Waals surface area contributed by atoms with E-state index < -0.39 is 10.4 Å². The maximum Gasteiger partial charge on any atom is 0.394 e. The van der Waals surface area contributed by atoms with Crippen LogP contribution >= 0.6 is 0 Å². The van der Waals surface area contributed by atoms with Gasteiger partial charge in [-0.15, -0.1) is 0 Å². The van der Waals surface area contributed by atoms with Crippen molar-refractivity contribution in [2.45, 2.75) is 13.8 Å². The Bertz CT molecular complexity index is 465. The molecule has 0 saturated heterocycles. The maximum atomic E-state index is 8.74. The van der Waals surface area contributed by atoms with E-state index in [2.05, 4.69) is 0 Å². The second kappa shape index (κ2) is 6.28. The standard InChI is InChI=1S/C9H14N2O.H2O4S/c1-3-12-9-4-6(2)7(10)5-8(9)11;1-5(2,3)4/h4-5H,3,10-11H2,1-2H3;(H2,1,2,3,4). The van der Waals surface area contributed by atoms with Crippen molar-refractivity contribution in [1.29, 1.82) is 0 Å². The van der Waals surface area contributed by atoms with Crippen LogP contribution in [0.1, 0.15) is 12.5 Å². The molecule has 0 aromatic heterocycles. The van der Waals surface area contributed by atoms with Crippen molar-refractivity contribution in [1.82, 2.24) is 0 Å². The first-order chi connectivity index (χ1) is 7.65. The summed E-state index contributed by atoms with van der Waals surface area (Å²) in [4.78, 5) is 0. The van der Waals surface area contributed by atoms with Gasteiger partial charge in [-0.05, 0) is 31.5 Å². The van der Waals surface area contributed by atoms with Gasteiger partial charge in [-0.1, -0.05) is 0 Å². The number of nitrogens with two attached hydrogens (primary N) is 2. The van der Waals surface area contributed by atoms with Crippen molar-refractivity contribution in [3.63, 3.8) is 0 Å². The Hall–Kier alpha value is -1.51. The number of rotatable bonds is 2. The molecule has 0 saturated carbocycles. The highest BCUT2D eigenvalue weighted by molar-refractivity contribution is 7.79. The molecule has 0 aliphatic carbocycles. The largest absolute Gasteiger partial charge is 0.492 e. The number of hydrogen-bond acceptors (Lipinski definition) is 5. The highest BCUT2D eigenvalue weighted by Gasteiger charge is 2.02. The molecule has 0 radical (unpaired) electrons. The normalized spacial score (nSPS) is 10.4. The fraction of sp³-hybridized carbons (Fsp3) is 0.333. The molecule has 0 heterocycles. The second-order valence-electron chi connectivity index (χ2n) is 3.13. The van der Waals surface area contributed by atoms with Crippen LogP contribution in [0.3, 0.4) is 0 Å². The first-order valence-electron chi connectivity index (χ1n) is 4.63. The molecule has 0 bridgehead atoms. The predicted molar refractivity (Wildman–Crippen MR) is 65.4 cm³/mol. The van der Waals surface area contributed by atoms with Crippen LogP contribution in [-0.2, 0) is 10.4 Å². The van der Waals surface area contributed by atoms with Gasteiger partial charge in [0.25, 0.3) is 0 Å². The zero-order valence-corrected chi connectivity index (χ0v) is 10.4. The van der Waals surface area contributed by atoms with Crippen LogP contribution in [0.2, 0.25) is 0 Å². The van der Waals surface area contributed by atoms with Crippen molar-refractivity contribution in [3.05, 3.63) is 17.7 Å². The van der Waals surface area contributed by atoms with Gasteiger partial charge in [0.05, 0.1) is 12.3 Å². The third-order valence-electron chi connectivity index (χ3n) is 1.70. The van der Waals surface area contributed by atoms with E-state index in [1.165, 1.54) is 0 Å². The van der Waals surface area contributed by atoms with Crippen LogP contribution in [0.25, 0.3) is 0 Å². The lowest BCUT2D eigenvalue weighted by molar-refractivity contribution is 0.342. The van der Waals surface area contributed by atoms with Crippen molar-refractivity contribution in [3.8, 4) is 5.75 Å². The van der Waals surface area contributed by atoms with Crippen LogP contribution in [0.5, 0.6) is 5.75 Å². The minimum absolute atomic E-state index is 0.597. The molecule has 0 amide bonds. The van der Waals surface area contributed by atoms with Gasteiger partial charge >= 0.3 is 10.4 Å². The Labute approximate surface area is 100.0 Å². The fourth-order valence-electron chi connectivity index (χ4n) is 0.996. The van der Waals surface area contributed by atoms with Gasteiger partial charge in [0.1, 0.15) is 5.75 Å². The SMILES string of the molecule is CCOc1cc(C)c(N)cc1N.O=S(=O)(O)O. The molecular formula is C9H16N2O5S. The van der Waals surface area contributed by atoms with Crippen molar-refractivity contribution < 1.29 is 22.3 Å². The van der Waals surface area contributed by atoms with E-state index in [0.29, 0.717) is 23.7 Å². The van der Waals surface area contributed by atoms with Gasteiger partial charge in [0.2, 0.25) is 0 Å². The maximum absolute atomic E-state index is 8.74. The molecule has 6 N–H and O–H groups in total. The second-order valence-corrected chi connectivity index (χ2v) is 4.02. The van der Waals surface area contributed by atoms with E-state index in [9.17, 15) is 0 Å². The Balaban J connectivity index is 0.000000437. The van der Waals surface area contributed by atoms with Crippen molar-refractivity contribution in [2.24, 2.45) is 0 Å². The van der Waals surface area contributed by atoms with E-state index in [1.54, 1.807) is 6.07 Å². The quantitative estimate of drug-likeness (QED) is 0.460. The lowest BCUT2D eigenvalue weighted by atomic mass is 10.2. The fourth-order valence-corrected chi connectivity index (χ4v) is 0.996. The van der Waals surface area contributed by atoms with Crippen LogP contribution < -0.4 is 16.2 Å². The molecule has 1 aromatic rings. The molecule has 0 unspecified atom stereocenters. The van der Waals surface area contributed by atoms with Gasteiger partial charge in [0, 0.05) is 5.69 Å². The van der Waals surface area contributed by atoms with Gasteiger partial charge in [-0.3, -0.25) is 9.11 Å². The molecule has 0 spiro atoms. The average Bonchev–Trinajstić information content (AvgIpc) is 2.12. The summed E-state index contributed by atoms with van der Waals surface area (Å²) in [5, 5.41) is 0. The van der Waals surface area contributed by atoms with E-state index in [-0.39, 0.29) is 0 Å². The number of benzene rings is 1. The number of aryl methyl sites for hydroxylation is 1. The lowest BCUT2D eigenvalue weighted by Gasteiger charge is -2.09. The highest BCUT2D eigenvalue weighted by atomic mass is 32.3. The summed E-state index contributed by atoms with van der Waals surface area (Å²) in [5.74, 6) is 0.712. The first-order valence-corrected chi connectivity index (χ1v) is 6.03. The Kier molecular flexibility index (Phi) is 5.72. The minimum Gasteiger partial charge on any atom is -0.492 e. The van der Waals surface area contributed by atoms with Crippen molar-refractivity contribution >= 4 is 21.8 Å². The molecule has 1 rings (SSSR count). The van der Waals surface area contributed by atoms with E-state index in [0.717, 1.165) is 5.56 Å². The van der Waals surface area contributed by atoms with E-state index in [1.807, 2.05) is 19.9 Å². The highest BCUT2D eigenvalue weighted by Crippen LogP contribution is 2.26. The molecule has 8 heteroatoms. The van der Waals surface area contributed by atoms with E-state index in [4.69, 9.17) is 33.7 Å². The van der Waals surface area contributed by atoms with Gasteiger partial charge < -0.3 is 16.2 Å². The smallest absolute Gasteiger partial charge is 0.394 e. The molecule has 0 fully saturated rings. The Morgan fingerprint density at radius 2 is 1.71 bits per heavy atom. The molecule has 17 heavy (non-hydrogen) atoms. The van der Waals surface area contributed by atoms with Crippen LogP contribution in [0.15, 0.2) is 12.1 Å². The first kappa shape index (κ1) is 15.5. The number of hydrogen-bond donors (Lipinski definition) is 4. The zero-order valence-electron chi connectivity index (χ0n) is 9.54. The molecule has 98 valence electrons. The van der Waals surface area contributed by atoms with Gasteiger partial charge in [-0.25, -0.2) is 0 Å². The van der Waals surface area contributed by atoms with E-state index >= 15 is 0 Å². The summed E-state index contributed by atoms with van der Waals surface area (Å²) in [6.07, 6.45) is 0. The lowest BCUT2D eigenvalue weighted by Crippen LogP contribution is -1.99. The van der Waals surface area contributed by atoms with Crippen LogP contribution in [0, 0.1) is 6.92 Å². The molecular weight excluding hydrogens is 248 g/mol. The van der Waals surface area contributed by atoms with Crippen LogP contribution in [0.4, 0.5) is 11.4 Å². The number of nitrogen functional groups attached to an aromatic ring is 2. The predicted octanol–water partition coefficient (Wildman–Crippen LogP) is 0.905. The Morgan fingerprint density at radius 1 is 1.24 bits per heavy atom. The topological polar surface area (TPSA) is 136 Å². The summed E-state index contributed by atoms with van der Waals surface area (Å²) >= 11 is 0. The van der Waals surface area contributed by atoms with Gasteiger partial charge in [0.15, 0.2) is 0 Å². The zero-order chi connectivity index (χ0) is 13.6. The molecule has 1 aromatic carbocycles. The number of ether oxygens (including phenoxy) is 1. The third kappa shape index (κ3) is 7.39. The molecule has 7 nitrogen and oxygen atoms in total. The monoisotopic (exact) mass is 264 g/mol. The molecule has 0 aliphatic heterocycles. The summed E-state index contributed by atoms with van der Waals surface area (Å²) in [7, 11) is -4.67. The summed E-state index contributed by atoms with van der Waals surface area (Å²) < 4.78 is 36.9. The molecule has 0 aliphatic rings. The minimum atomic E-state index is -4.67. The Morgan fingerprint density at radius 3 is 2.12 bits per heavy atom. The molecule has 0 atom stereocenters. The van der Waals surface area contributed by atoms with Crippen molar-refractivity contribution in [2.75, 3.05) is 18.1 Å². The summed E-state index contributed by atoms with van der Waals surface area (Å²) in [5.41, 5.74) is 13.6. The van der Waals surface area contributed by atoms with Gasteiger partial charge in [-0.2, -0.15) is 8.42 Å². The van der Waals surface area contributed by atoms with Crippen LogP contribution in [-0.4, -0.2) is 24.1 Å². The number of anilines is 2. The average molecular weight is 264 g/mol. The third-order valence-corrected chi connectivity index (χ3v) is 1.70. The summed E-state index contributed by atoms with van der Waals surface area (Å²) in [6, 6.07) is 3.58.